The van der Waals surface area contributed by atoms with Crippen molar-refractivity contribution in [3.8, 4) is 0 Å². The van der Waals surface area contributed by atoms with E-state index < -0.39 is 5.97 Å². The standard InChI is InChI=1S/C18H22N2O4/c1-11-8-15(11)20-10-14(9-17(20)22)19-16(21)7-4-12-2-5-13(6-3-12)18(23)24/h2-3,5-6,11,14-15H,4,7-10H2,1H3,(H,19,21)(H,23,24)/t11-,14-,15+/m1/s1. The fourth-order valence-electron chi connectivity index (χ4n) is 3.26. The lowest BCUT2D eigenvalue weighted by Gasteiger charge is -2.17. The summed E-state index contributed by atoms with van der Waals surface area (Å²) in [5, 5.41) is 11.8. The maximum atomic E-state index is 12.1. The first-order valence-electron chi connectivity index (χ1n) is 8.35. The molecule has 0 radical (unpaired) electrons. The molecule has 0 unspecified atom stereocenters. The molecular weight excluding hydrogens is 308 g/mol. The second-order valence-corrected chi connectivity index (χ2v) is 6.80. The van der Waals surface area contributed by atoms with Crippen LogP contribution < -0.4 is 5.32 Å². The lowest BCUT2D eigenvalue weighted by atomic mass is 10.1. The molecule has 0 spiro atoms. The average molecular weight is 330 g/mol. The number of carboxylic acid groups (broad SMARTS) is 1. The number of nitrogens with zero attached hydrogens (tertiary/aromatic N) is 1. The summed E-state index contributed by atoms with van der Waals surface area (Å²) < 4.78 is 0. The zero-order valence-corrected chi connectivity index (χ0v) is 13.7. The number of carbonyl (C=O) groups excluding carboxylic acids is 2. The van der Waals surface area contributed by atoms with Gasteiger partial charge in [-0.2, -0.15) is 0 Å². The summed E-state index contributed by atoms with van der Waals surface area (Å²) in [7, 11) is 0. The van der Waals surface area contributed by atoms with E-state index in [1.165, 1.54) is 0 Å². The van der Waals surface area contributed by atoms with Crippen LogP contribution in [0.5, 0.6) is 0 Å². The highest BCUT2D eigenvalue weighted by atomic mass is 16.4. The van der Waals surface area contributed by atoms with E-state index >= 15 is 0 Å². The summed E-state index contributed by atoms with van der Waals surface area (Å²) >= 11 is 0. The van der Waals surface area contributed by atoms with Gasteiger partial charge in [-0.3, -0.25) is 9.59 Å². The van der Waals surface area contributed by atoms with Crippen LogP contribution in [0.25, 0.3) is 0 Å². The topological polar surface area (TPSA) is 86.7 Å². The van der Waals surface area contributed by atoms with Gasteiger partial charge >= 0.3 is 5.97 Å². The van der Waals surface area contributed by atoms with E-state index in [9.17, 15) is 14.4 Å². The first-order valence-corrected chi connectivity index (χ1v) is 8.35. The van der Waals surface area contributed by atoms with E-state index in [-0.39, 0.29) is 23.4 Å². The minimum absolute atomic E-state index is 0.0687. The first-order chi connectivity index (χ1) is 11.4. The van der Waals surface area contributed by atoms with E-state index in [1.54, 1.807) is 24.3 Å². The van der Waals surface area contributed by atoms with Crippen LogP contribution in [0.3, 0.4) is 0 Å². The molecule has 6 heteroatoms. The highest BCUT2D eigenvalue weighted by molar-refractivity contribution is 5.87. The summed E-state index contributed by atoms with van der Waals surface area (Å²) in [6.45, 7) is 2.76. The summed E-state index contributed by atoms with van der Waals surface area (Å²) in [5.41, 5.74) is 1.16. The number of amides is 2. The number of nitrogens with one attached hydrogen (secondary N) is 1. The first kappa shape index (κ1) is 16.5. The Morgan fingerprint density at radius 3 is 2.54 bits per heavy atom. The predicted octanol–water partition coefficient (Wildman–Crippen LogP) is 1.44. The third-order valence-electron chi connectivity index (χ3n) is 4.83. The molecular formula is C18H22N2O4. The number of rotatable bonds is 6. The van der Waals surface area contributed by atoms with Gasteiger partial charge in [-0.1, -0.05) is 19.1 Å². The Hall–Kier alpha value is -2.37. The van der Waals surface area contributed by atoms with Crippen LogP contribution in [0, 0.1) is 5.92 Å². The fraction of sp³-hybridized carbons (Fsp3) is 0.500. The molecule has 1 aliphatic heterocycles. The monoisotopic (exact) mass is 330 g/mol. The zero-order chi connectivity index (χ0) is 17.3. The number of hydrogen-bond acceptors (Lipinski definition) is 3. The molecule has 2 N–H and O–H groups in total. The van der Waals surface area contributed by atoms with E-state index in [0.717, 1.165) is 12.0 Å². The SMILES string of the molecule is C[C@@H]1C[C@@H]1N1C[C@H](NC(=O)CCc2ccc(C(=O)O)cc2)CC1=O. The summed E-state index contributed by atoms with van der Waals surface area (Å²) in [6, 6.07) is 6.82. The Morgan fingerprint density at radius 2 is 1.96 bits per heavy atom. The number of carbonyl (C=O) groups is 3. The molecule has 2 aliphatic rings. The normalized spacial score (nSPS) is 25.6. The summed E-state index contributed by atoms with van der Waals surface area (Å²) in [5.74, 6) is -0.309. The molecule has 1 aliphatic carbocycles. The van der Waals surface area contributed by atoms with Crippen LogP contribution in [0.2, 0.25) is 0 Å². The van der Waals surface area contributed by atoms with Crippen molar-refractivity contribution >= 4 is 17.8 Å². The molecule has 6 nitrogen and oxygen atoms in total. The Morgan fingerprint density at radius 1 is 1.29 bits per heavy atom. The largest absolute Gasteiger partial charge is 0.478 e. The third kappa shape index (κ3) is 3.75. The van der Waals surface area contributed by atoms with Gasteiger partial charge < -0.3 is 15.3 Å². The lowest BCUT2D eigenvalue weighted by molar-refractivity contribution is -0.128. The highest BCUT2D eigenvalue weighted by Gasteiger charge is 2.44. The van der Waals surface area contributed by atoms with Crippen molar-refractivity contribution < 1.29 is 19.5 Å². The van der Waals surface area contributed by atoms with Gasteiger partial charge in [0.2, 0.25) is 11.8 Å². The molecule has 2 fully saturated rings. The van der Waals surface area contributed by atoms with Gasteiger partial charge in [0.15, 0.2) is 0 Å². The second kappa shape index (κ2) is 6.63. The molecule has 24 heavy (non-hydrogen) atoms. The van der Waals surface area contributed by atoms with Crippen molar-refractivity contribution in [1.82, 2.24) is 10.2 Å². The van der Waals surface area contributed by atoms with Gasteiger partial charge in [0, 0.05) is 25.4 Å². The number of carboxylic acids is 1. The molecule has 3 atom stereocenters. The van der Waals surface area contributed by atoms with Gasteiger partial charge in [-0.25, -0.2) is 4.79 Å². The van der Waals surface area contributed by atoms with Crippen molar-refractivity contribution in [2.45, 2.75) is 44.7 Å². The molecule has 0 bridgehead atoms. The van der Waals surface area contributed by atoms with E-state index in [0.29, 0.717) is 37.8 Å². The molecule has 0 aromatic heterocycles. The number of benzene rings is 1. The van der Waals surface area contributed by atoms with Gasteiger partial charge in [0.25, 0.3) is 0 Å². The number of hydrogen-bond donors (Lipinski definition) is 2. The maximum Gasteiger partial charge on any atom is 0.335 e. The van der Waals surface area contributed by atoms with Crippen molar-refractivity contribution in [2.75, 3.05) is 6.54 Å². The van der Waals surface area contributed by atoms with E-state index in [4.69, 9.17) is 5.11 Å². The fourth-order valence-corrected chi connectivity index (χ4v) is 3.26. The molecule has 1 saturated carbocycles. The number of aromatic carboxylic acids is 1. The van der Waals surface area contributed by atoms with Crippen LogP contribution >= 0.6 is 0 Å². The lowest BCUT2D eigenvalue weighted by Crippen LogP contribution is -2.37. The number of aryl methyl sites for hydroxylation is 1. The predicted molar refractivity (Wildman–Crippen MR) is 87.6 cm³/mol. The maximum absolute atomic E-state index is 12.1. The smallest absolute Gasteiger partial charge is 0.335 e. The van der Waals surface area contributed by atoms with Crippen LogP contribution in [-0.2, 0) is 16.0 Å². The molecule has 1 heterocycles. The minimum Gasteiger partial charge on any atom is -0.478 e. The molecule has 1 aromatic rings. The Bertz CT molecular complexity index is 655. The van der Waals surface area contributed by atoms with E-state index in [1.807, 2.05) is 4.90 Å². The van der Waals surface area contributed by atoms with Crippen LogP contribution in [0.4, 0.5) is 0 Å². The van der Waals surface area contributed by atoms with Crippen molar-refractivity contribution in [3.63, 3.8) is 0 Å². The van der Waals surface area contributed by atoms with Crippen molar-refractivity contribution in [2.24, 2.45) is 5.92 Å². The Balaban J connectivity index is 1.44. The highest BCUT2D eigenvalue weighted by Crippen LogP contribution is 2.37. The molecule has 2 amide bonds. The van der Waals surface area contributed by atoms with Gasteiger partial charge in [0.1, 0.15) is 0 Å². The second-order valence-electron chi connectivity index (χ2n) is 6.80. The Labute approximate surface area is 140 Å². The van der Waals surface area contributed by atoms with Crippen molar-refractivity contribution in [3.05, 3.63) is 35.4 Å². The summed E-state index contributed by atoms with van der Waals surface area (Å²) in [6.07, 6.45) is 2.34. The molecule has 3 rings (SSSR count). The van der Waals surface area contributed by atoms with Crippen LogP contribution in [0.15, 0.2) is 24.3 Å². The van der Waals surface area contributed by atoms with Crippen molar-refractivity contribution in [1.29, 1.82) is 0 Å². The zero-order valence-electron chi connectivity index (χ0n) is 13.7. The molecule has 1 aromatic carbocycles. The Kier molecular flexibility index (Phi) is 4.55. The van der Waals surface area contributed by atoms with Gasteiger partial charge in [-0.05, 0) is 36.5 Å². The van der Waals surface area contributed by atoms with E-state index in [2.05, 4.69) is 12.2 Å². The summed E-state index contributed by atoms with van der Waals surface area (Å²) in [4.78, 5) is 36.8. The molecule has 128 valence electrons. The third-order valence-corrected chi connectivity index (χ3v) is 4.83. The van der Waals surface area contributed by atoms with Gasteiger partial charge in [-0.15, -0.1) is 0 Å². The van der Waals surface area contributed by atoms with Crippen LogP contribution in [-0.4, -0.2) is 46.4 Å². The quantitative estimate of drug-likeness (QED) is 0.826. The molecule has 1 saturated heterocycles. The minimum atomic E-state index is -0.959. The van der Waals surface area contributed by atoms with Crippen LogP contribution in [0.1, 0.15) is 42.1 Å². The number of likely N-dealkylation sites (tertiary alicyclic amines) is 1. The van der Waals surface area contributed by atoms with Gasteiger partial charge in [0.05, 0.1) is 11.6 Å². The average Bonchev–Trinajstić information content (AvgIpc) is 3.15.